The van der Waals surface area contributed by atoms with Crippen LogP contribution < -0.4 is 0 Å². The molecule has 0 aliphatic rings. The van der Waals surface area contributed by atoms with E-state index in [2.05, 4.69) is 27.4 Å². The Morgan fingerprint density at radius 1 is 1.31 bits per heavy atom. The molecule has 0 unspecified atom stereocenters. The minimum Gasteiger partial charge on any atom is -0.247 e. The Hall–Kier alpha value is -0.330. The molecule has 0 aliphatic carbocycles. The molecule has 0 aromatic heterocycles. The van der Waals surface area contributed by atoms with E-state index in [1.807, 2.05) is 13.0 Å². The number of alkyl halides is 1. The maximum absolute atomic E-state index is 13.8. The van der Waals surface area contributed by atoms with Crippen molar-refractivity contribution in [3.63, 3.8) is 0 Å². The van der Waals surface area contributed by atoms with E-state index < -0.39 is 6.17 Å². The van der Waals surface area contributed by atoms with Gasteiger partial charge >= 0.3 is 0 Å². The quantitative estimate of drug-likeness (QED) is 0.359. The van der Waals surface area contributed by atoms with Gasteiger partial charge in [0.05, 0.1) is 0 Å². The molecule has 16 heavy (non-hydrogen) atoms. The Labute approximate surface area is 101 Å². The molecule has 0 rings (SSSR count). The zero-order chi connectivity index (χ0) is 12.6. The normalized spacial score (nSPS) is 18.8. The number of halogens is 1. The maximum Gasteiger partial charge on any atom is 0.103 e. The summed E-state index contributed by atoms with van der Waals surface area (Å²) in [5, 5.41) is 0. The number of hydrogen-bond acceptors (Lipinski definition) is 0. The molecule has 0 bridgehead atoms. The first-order valence-corrected chi connectivity index (χ1v) is 6.76. The Balaban J connectivity index is 4.45. The molecule has 96 valence electrons. The summed E-state index contributed by atoms with van der Waals surface area (Å²) in [5.74, 6) is 0.169. The average Bonchev–Trinajstić information content (AvgIpc) is 2.27. The van der Waals surface area contributed by atoms with E-state index in [0.717, 1.165) is 32.1 Å². The van der Waals surface area contributed by atoms with Gasteiger partial charge in [-0.2, -0.15) is 0 Å². The minimum atomic E-state index is -0.653. The fourth-order valence-electron chi connectivity index (χ4n) is 2.59. The van der Waals surface area contributed by atoms with Crippen molar-refractivity contribution in [2.24, 2.45) is 11.3 Å². The van der Waals surface area contributed by atoms with Crippen LogP contribution in [0.5, 0.6) is 0 Å². The second-order valence-corrected chi connectivity index (χ2v) is 5.30. The van der Waals surface area contributed by atoms with Gasteiger partial charge < -0.3 is 0 Å². The van der Waals surface area contributed by atoms with Crippen LogP contribution in [-0.4, -0.2) is 6.17 Å². The molecule has 0 N–H and O–H groups in total. The monoisotopic (exact) mass is 228 g/mol. The molecular weight excluding hydrogens is 199 g/mol. The molecule has 0 aromatic rings. The predicted octanol–water partition coefficient (Wildman–Crippen LogP) is 5.53. The van der Waals surface area contributed by atoms with Gasteiger partial charge in [-0.25, -0.2) is 4.39 Å². The SMILES string of the molecule is C=CCCC[C@@](C)(CCC)[C@H](C)[C@@H](F)CC. The third-order valence-corrected chi connectivity index (χ3v) is 4.01. The van der Waals surface area contributed by atoms with Gasteiger partial charge in [-0.1, -0.05) is 40.2 Å². The maximum atomic E-state index is 13.8. The fraction of sp³-hybridized carbons (Fsp3) is 0.867. The number of allylic oxidation sites excluding steroid dienone is 1. The van der Waals surface area contributed by atoms with E-state index in [0.29, 0.717) is 6.42 Å². The number of rotatable bonds is 9. The molecule has 0 saturated carbocycles. The molecular formula is C15H29F. The molecule has 0 nitrogen and oxygen atoms in total. The average molecular weight is 228 g/mol. The topological polar surface area (TPSA) is 0 Å². The van der Waals surface area contributed by atoms with Crippen molar-refractivity contribution in [2.75, 3.05) is 0 Å². The largest absolute Gasteiger partial charge is 0.247 e. The van der Waals surface area contributed by atoms with Gasteiger partial charge in [-0.15, -0.1) is 6.58 Å². The van der Waals surface area contributed by atoms with Crippen LogP contribution in [0.3, 0.4) is 0 Å². The molecule has 0 fully saturated rings. The highest BCUT2D eigenvalue weighted by Gasteiger charge is 2.34. The van der Waals surface area contributed by atoms with E-state index >= 15 is 0 Å². The van der Waals surface area contributed by atoms with E-state index in [1.165, 1.54) is 0 Å². The van der Waals surface area contributed by atoms with Crippen molar-refractivity contribution in [3.8, 4) is 0 Å². The lowest BCUT2D eigenvalue weighted by Gasteiger charge is -2.37. The van der Waals surface area contributed by atoms with Crippen LogP contribution in [0.1, 0.15) is 66.2 Å². The Bertz CT molecular complexity index is 188. The zero-order valence-corrected chi connectivity index (χ0v) is 11.6. The van der Waals surface area contributed by atoms with Crippen molar-refractivity contribution in [3.05, 3.63) is 12.7 Å². The molecule has 0 aliphatic heterocycles. The second-order valence-electron chi connectivity index (χ2n) is 5.30. The summed E-state index contributed by atoms with van der Waals surface area (Å²) in [6, 6.07) is 0. The summed E-state index contributed by atoms with van der Waals surface area (Å²) in [6.45, 7) is 12.2. The Morgan fingerprint density at radius 3 is 2.38 bits per heavy atom. The van der Waals surface area contributed by atoms with E-state index in [9.17, 15) is 4.39 Å². The van der Waals surface area contributed by atoms with Gasteiger partial charge in [0.15, 0.2) is 0 Å². The van der Waals surface area contributed by atoms with Gasteiger partial charge in [-0.3, -0.25) is 0 Å². The summed E-state index contributed by atoms with van der Waals surface area (Å²) in [7, 11) is 0. The molecule has 0 aromatic carbocycles. The second kappa shape index (κ2) is 7.86. The van der Waals surface area contributed by atoms with Crippen LogP contribution in [0.4, 0.5) is 4.39 Å². The highest BCUT2D eigenvalue weighted by Crippen LogP contribution is 2.41. The van der Waals surface area contributed by atoms with Gasteiger partial charge in [-0.05, 0) is 43.4 Å². The molecule has 0 radical (unpaired) electrons. The lowest BCUT2D eigenvalue weighted by atomic mass is 9.69. The smallest absolute Gasteiger partial charge is 0.103 e. The highest BCUT2D eigenvalue weighted by molar-refractivity contribution is 4.84. The highest BCUT2D eigenvalue weighted by atomic mass is 19.1. The third kappa shape index (κ3) is 4.67. The molecule has 0 saturated heterocycles. The summed E-state index contributed by atoms with van der Waals surface area (Å²) < 4.78 is 13.8. The van der Waals surface area contributed by atoms with Crippen molar-refractivity contribution in [2.45, 2.75) is 72.4 Å². The first-order valence-electron chi connectivity index (χ1n) is 6.76. The summed E-state index contributed by atoms with van der Waals surface area (Å²) in [4.78, 5) is 0. The van der Waals surface area contributed by atoms with Gasteiger partial charge in [0, 0.05) is 0 Å². The van der Waals surface area contributed by atoms with Crippen LogP contribution in [0.15, 0.2) is 12.7 Å². The van der Waals surface area contributed by atoms with Crippen molar-refractivity contribution >= 4 is 0 Å². The first-order chi connectivity index (χ1) is 7.51. The lowest BCUT2D eigenvalue weighted by Crippen LogP contribution is -2.32. The number of unbranched alkanes of at least 4 members (excludes halogenated alkanes) is 1. The van der Waals surface area contributed by atoms with Crippen LogP contribution in [0.2, 0.25) is 0 Å². The zero-order valence-electron chi connectivity index (χ0n) is 11.6. The number of hydrogen-bond donors (Lipinski definition) is 0. The van der Waals surface area contributed by atoms with Gasteiger partial charge in [0.25, 0.3) is 0 Å². The lowest BCUT2D eigenvalue weighted by molar-refractivity contribution is 0.0773. The van der Waals surface area contributed by atoms with Crippen molar-refractivity contribution < 1.29 is 4.39 Å². The van der Waals surface area contributed by atoms with Crippen LogP contribution in [-0.2, 0) is 0 Å². The fourth-order valence-corrected chi connectivity index (χ4v) is 2.59. The van der Waals surface area contributed by atoms with E-state index in [-0.39, 0.29) is 11.3 Å². The Morgan fingerprint density at radius 2 is 1.94 bits per heavy atom. The summed E-state index contributed by atoms with van der Waals surface area (Å²) in [6.07, 6.45) is 7.54. The minimum absolute atomic E-state index is 0.160. The Kier molecular flexibility index (Phi) is 7.70. The summed E-state index contributed by atoms with van der Waals surface area (Å²) in [5.41, 5.74) is 0.160. The molecule has 3 atom stereocenters. The molecule has 0 heterocycles. The molecule has 1 heteroatoms. The van der Waals surface area contributed by atoms with Gasteiger partial charge in [0.2, 0.25) is 0 Å². The van der Waals surface area contributed by atoms with Crippen LogP contribution in [0.25, 0.3) is 0 Å². The molecule has 0 amide bonds. The summed E-state index contributed by atoms with van der Waals surface area (Å²) >= 11 is 0. The third-order valence-electron chi connectivity index (χ3n) is 4.01. The van der Waals surface area contributed by atoms with E-state index in [1.54, 1.807) is 0 Å². The van der Waals surface area contributed by atoms with Crippen molar-refractivity contribution in [1.82, 2.24) is 0 Å². The van der Waals surface area contributed by atoms with Crippen LogP contribution in [0, 0.1) is 11.3 Å². The van der Waals surface area contributed by atoms with E-state index in [4.69, 9.17) is 0 Å². The van der Waals surface area contributed by atoms with Crippen molar-refractivity contribution in [1.29, 1.82) is 0 Å². The van der Waals surface area contributed by atoms with Gasteiger partial charge in [0.1, 0.15) is 6.17 Å². The predicted molar refractivity (Wildman–Crippen MR) is 71.4 cm³/mol. The molecule has 0 spiro atoms. The van der Waals surface area contributed by atoms with Crippen LogP contribution >= 0.6 is 0 Å². The standard InChI is InChI=1S/C15H29F/c1-6-9-10-12-15(5,11-7-2)13(4)14(16)8-3/h6,13-14H,1,7-12H2,2-5H3/t13-,14+,15-/m1/s1. The first kappa shape index (κ1) is 15.7.